The van der Waals surface area contributed by atoms with Gasteiger partial charge in [-0.15, -0.1) is 0 Å². The first-order chi connectivity index (χ1) is 13.8. The minimum atomic E-state index is -0.753. The molecule has 154 valence electrons. The highest BCUT2D eigenvalue weighted by molar-refractivity contribution is 9.10. The van der Waals surface area contributed by atoms with Gasteiger partial charge in [-0.2, -0.15) is 0 Å². The number of nitro groups is 1. The van der Waals surface area contributed by atoms with Crippen molar-refractivity contribution in [3.05, 3.63) is 55.5 Å². The zero-order valence-corrected chi connectivity index (χ0v) is 17.7. The molecule has 0 aliphatic rings. The average molecular weight is 488 g/mol. The monoisotopic (exact) mass is 486 g/mol. The van der Waals surface area contributed by atoms with Gasteiger partial charge < -0.3 is 19.5 Å². The molecule has 0 unspecified atom stereocenters. The number of nitro benzene ring substituents is 1. The molecule has 0 heterocycles. The standard InChI is InChI=1S/C18H16BrClN2O7/c1-3-28-17-12(19)6-10(7-15(17)27-2)18(24)29-9-16(23)21-14-5-4-11(22(25)26)8-13(14)20/h4-8H,3,9H2,1-2H3,(H,21,23). The van der Waals surface area contributed by atoms with E-state index in [0.717, 1.165) is 6.07 Å². The number of carbonyl (C=O) groups is 2. The van der Waals surface area contributed by atoms with E-state index in [1.165, 1.54) is 31.4 Å². The fourth-order valence-electron chi connectivity index (χ4n) is 2.24. The molecule has 0 aromatic heterocycles. The van der Waals surface area contributed by atoms with Crippen LogP contribution < -0.4 is 14.8 Å². The molecule has 0 spiro atoms. The molecule has 2 aromatic carbocycles. The van der Waals surface area contributed by atoms with Crippen LogP contribution in [0, 0.1) is 10.1 Å². The Morgan fingerprint density at radius 3 is 2.59 bits per heavy atom. The Morgan fingerprint density at radius 2 is 2.00 bits per heavy atom. The van der Waals surface area contributed by atoms with E-state index in [0.29, 0.717) is 22.6 Å². The zero-order valence-electron chi connectivity index (χ0n) is 15.4. The highest BCUT2D eigenvalue weighted by Crippen LogP contribution is 2.36. The summed E-state index contributed by atoms with van der Waals surface area (Å²) in [6.45, 7) is 1.63. The molecule has 0 atom stereocenters. The van der Waals surface area contributed by atoms with Crippen LogP contribution in [0.3, 0.4) is 0 Å². The molecule has 0 aliphatic carbocycles. The summed E-state index contributed by atoms with van der Waals surface area (Å²) in [6, 6.07) is 6.50. The minimum Gasteiger partial charge on any atom is -0.493 e. The number of benzene rings is 2. The number of non-ortho nitro benzene ring substituents is 1. The van der Waals surface area contributed by atoms with E-state index >= 15 is 0 Å². The fraction of sp³-hybridized carbons (Fsp3) is 0.222. The van der Waals surface area contributed by atoms with E-state index in [1.807, 2.05) is 6.92 Å². The number of hydrogen-bond acceptors (Lipinski definition) is 7. The number of amides is 1. The quantitative estimate of drug-likeness (QED) is 0.337. The molecule has 2 aromatic rings. The molecular weight excluding hydrogens is 472 g/mol. The lowest BCUT2D eigenvalue weighted by molar-refractivity contribution is -0.384. The third-order valence-corrected chi connectivity index (χ3v) is 4.43. The predicted molar refractivity (Wildman–Crippen MR) is 109 cm³/mol. The van der Waals surface area contributed by atoms with Crippen LogP contribution in [0.2, 0.25) is 5.02 Å². The van der Waals surface area contributed by atoms with Crippen LogP contribution in [0.25, 0.3) is 0 Å². The van der Waals surface area contributed by atoms with Crippen molar-refractivity contribution in [1.82, 2.24) is 0 Å². The molecule has 1 N–H and O–H groups in total. The van der Waals surface area contributed by atoms with Gasteiger partial charge in [0.25, 0.3) is 11.6 Å². The summed E-state index contributed by atoms with van der Waals surface area (Å²) in [5, 5.41) is 13.1. The molecule has 29 heavy (non-hydrogen) atoms. The van der Waals surface area contributed by atoms with Gasteiger partial charge in [-0.05, 0) is 41.1 Å². The molecule has 0 aliphatic heterocycles. The van der Waals surface area contributed by atoms with Gasteiger partial charge in [0, 0.05) is 12.1 Å². The highest BCUT2D eigenvalue weighted by atomic mass is 79.9. The second kappa shape index (κ2) is 10.1. The topological polar surface area (TPSA) is 117 Å². The molecule has 0 radical (unpaired) electrons. The fourth-order valence-corrected chi connectivity index (χ4v) is 3.02. The third-order valence-electron chi connectivity index (χ3n) is 3.53. The van der Waals surface area contributed by atoms with E-state index in [9.17, 15) is 19.7 Å². The average Bonchev–Trinajstić information content (AvgIpc) is 2.68. The number of nitrogens with zero attached hydrogens (tertiary/aromatic N) is 1. The summed E-state index contributed by atoms with van der Waals surface area (Å²) in [4.78, 5) is 34.4. The van der Waals surface area contributed by atoms with Crippen LogP contribution in [0.15, 0.2) is 34.8 Å². The third kappa shape index (κ3) is 5.81. The summed E-state index contributed by atoms with van der Waals surface area (Å²) < 4.78 is 16.2. The van der Waals surface area contributed by atoms with Crippen LogP contribution in [0.5, 0.6) is 11.5 Å². The molecular formula is C18H16BrClN2O7. The summed E-state index contributed by atoms with van der Waals surface area (Å²) in [7, 11) is 1.43. The Bertz CT molecular complexity index is 952. The maximum atomic E-state index is 12.3. The first kappa shape index (κ1) is 22.4. The number of ether oxygens (including phenoxy) is 3. The van der Waals surface area contributed by atoms with Gasteiger partial charge in [-0.3, -0.25) is 14.9 Å². The SMILES string of the molecule is CCOc1c(Br)cc(C(=O)OCC(=O)Nc2ccc([N+](=O)[O-])cc2Cl)cc1OC. The lowest BCUT2D eigenvalue weighted by atomic mass is 10.2. The van der Waals surface area contributed by atoms with E-state index in [4.69, 9.17) is 25.8 Å². The Labute approximate surface area is 179 Å². The zero-order chi connectivity index (χ0) is 21.6. The number of rotatable bonds is 8. The van der Waals surface area contributed by atoms with Crippen molar-refractivity contribution in [2.45, 2.75) is 6.92 Å². The molecule has 0 saturated carbocycles. The van der Waals surface area contributed by atoms with Crippen LogP contribution >= 0.6 is 27.5 Å². The second-order valence-electron chi connectivity index (χ2n) is 5.47. The van der Waals surface area contributed by atoms with E-state index in [1.54, 1.807) is 0 Å². The summed E-state index contributed by atoms with van der Waals surface area (Å²) >= 11 is 9.21. The van der Waals surface area contributed by atoms with Crippen LogP contribution in [-0.4, -0.2) is 37.1 Å². The highest BCUT2D eigenvalue weighted by Gasteiger charge is 2.18. The van der Waals surface area contributed by atoms with Gasteiger partial charge >= 0.3 is 5.97 Å². The molecule has 1 amide bonds. The van der Waals surface area contributed by atoms with Crippen molar-refractivity contribution < 1.29 is 28.7 Å². The molecule has 11 heteroatoms. The maximum Gasteiger partial charge on any atom is 0.338 e. The Hall–Kier alpha value is -2.85. The number of nitrogens with one attached hydrogen (secondary N) is 1. The van der Waals surface area contributed by atoms with Gasteiger partial charge in [0.1, 0.15) is 0 Å². The maximum absolute atomic E-state index is 12.3. The predicted octanol–water partition coefficient (Wildman–Crippen LogP) is 4.21. The van der Waals surface area contributed by atoms with Gasteiger partial charge in [0.2, 0.25) is 0 Å². The minimum absolute atomic E-state index is 0.0148. The lowest BCUT2D eigenvalue weighted by Gasteiger charge is -2.13. The second-order valence-corrected chi connectivity index (χ2v) is 6.73. The Balaban J connectivity index is 2.03. The van der Waals surface area contributed by atoms with E-state index < -0.39 is 23.4 Å². The largest absolute Gasteiger partial charge is 0.493 e. The van der Waals surface area contributed by atoms with Crippen LogP contribution in [0.4, 0.5) is 11.4 Å². The van der Waals surface area contributed by atoms with E-state index in [-0.39, 0.29) is 22.0 Å². The van der Waals surface area contributed by atoms with Gasteiger partial charge in [0.05, 0.1) is 39.4 Å². The molecule has 0 fully saturated rings. The normalized spacial score (nSPS) is 10.2. The van der Waals surface area contributed by atoms with Crippen molar-refractivity contribution >= 4 is 50.8 Å². The molecule has 2 rings (SSSR count). The van der Waals surface area contributed by atoms with Crippen molar-refractivity contribution in [2.24, 2.45) is 0 Å². The number of anilines is 1. The smallest absolute Gasteiger partial charge is 0.338 e. The Morgan fingerprint density at radius 1 is 1.28 bits per heavy atom. The number of methoxy groups -OCH3 is 1. The van der Waals surface area contributed by atoms with Gasteiger partial charge in [-0.1, -0.05) is 11.6 Å². The van der Waals surface area contributed by atoms with Gasteiger partial charge in [0.15, 0.2) is 18.1 Å². The lowest BCUT2D eigenvalue weighted by Crippen LogP contribution is -2.21. The summed E-state index contributed by atoms with van der Waals surface area (Å²) in [5.74, 6) is -0.643. The van der Waals surface area contributed by atoms with Gasteiger partial charge in [-0.25, -0.2) is 4.79 Å². The van der Waals surface area contributed by atoms with Crippen molar-refractivity contribution in [3.8, 4) is 11.5 Å². The first-order valence-corrected chi connectivity index (χ1v) is 9.35. The summed E-state index contributed by atoms with van der Waals surface area (Å²) in [5.41, 5.74) is 0.0941. The molecule has 0 saturated heterocycles. The number of carbonyl (C=O) groups excluding carboxylic acids is 2. The number of hydrogen-bond donors (Lipinski definition) is 1. The van der Waals surface area contributed by atoms with Crippen molar-refractivity contribution in [2.75, 3.05) is 25.6 Å². The van der Waals surface area contributed by atoms with Crippen molar-refractivity contribution in [3.63, 3.8) is 0 Å². The van der Waals surface area contributed by atoms with Crippen LogP contribution in [-0.2, 0) is 9.53 Å². The summed E-state index contributed by atoms with van der Waals surface area (Å²) in [6.07, 6.45) is 0. The van der Waals surface area contributed by atoms with Crippen molar-refractivity contribution in [1.29, 1.82) is 0 Å². The molecule has 9 nitrogen and oxygen atoms in total. The van der Waals surface area contributed by atoms with E-state index in [2.05, 4.69) is 21.2 Å². The molecule has 0 bridgehead atoms. The first-order valence-electron chi connectivity index (χ1n) is 8.18. The number of halogens is 2. The number of esters is 1. The van der Waals surface area contributed by atoms with Crippen LogP contribution in [0.1, 0.15) is 17.3 Å². The Kier molecular flexibility index (Phi) is 7.80.